The number of aryl methyl sites for hydroxylation is 2. The van der Waals surface area contributed by atoms with Gasteiger partial charge in [-0.2, -0.15) is 0 Å². The molecule has 0 saturated carbocycles. The summed E-state index contributed by atoms with van der Waals surface area (Å²) in [5, 5.41) is 2.66. The minimum Gasteiger partial charge on any atom is -0.484 e. The van der Waals surface area contributed by atoms with Crippen LogP contribution >= 0.6 is 0 Å². The van der Waals surface area contributed by atoms with E-state index in [2.05, 4.69) is 15.0 Å². The number of rotatable bonds is 7. The molecule has 0 radical (unpaired) electrons. The predicted octanol–water partition coefficient (Wildman–Crippen LogP) is 3.66. The van der Waals surface area contributed by atoms with E-state index in [1.165, 1.54) is 18.2 Å². The highest BCUT2D eigenvalue weighted by atomic mass is 32.2. The van der Waals surface area contributed by atoms with Gasteiger partial charge in [0.2, 0.25) is 0 Å². The maximum atomic E-state index is 13.5. The Bertz CT molecular complexity index is 1170. The minimum absolute atomic E-state index is 0.150. The van der Waals surface area contributed by atoms with Gasteiger partial charge in [-0.05, 0) is 61.4 Å². The van der Waals surface area contributed by atoms with Crippen molar-refractivity contribution in [3.8, 4) is 5.75 Å². The molecule has 2 aromatic carbocycles. The predicted molar refractivity (Wildman–Crippen MR) is 111 cm³/mol. The molecule has 0 fully saturated rings. The molecular formula is C21H20FN3O4S. The van der Waals surface area contributed by atoms with E-state index in [9.17, 15) is 17.6 Å². The molecule has 1 amide bonds. The summed E-state index contributed by atoms with van der Waals surface area (Å²) >= 11 is 0. The maximum absolute atomic E-state index is 13.5. The van der Waals surface area contributed by atoms with Gasteiger partial charge in [0.15, 0.2) is 6.61 Å². The van der Waals surface area contributed by atoms with Gasteiger partial charge in [0.1, 0.15) is 11.6 Å². The lowest BCUT2D eigenvalue weighted by Crippen LogP contribution is -2.20. The Hall–Kier alpha value is -3.46. The van der Waals surface area contributed by atoms with Crippen LogP contribution in [0.2, 0.25) is 0 Å². The van der Waals surface area contributed by atoms with Crippen LogP contribution in [0.15, 0.2) is 65.8 Å². The molecule has 0 spiro atoms. The van der Waals surface area contributed by atoms with Gasteiger partial charge in [0.25, 0.3) is 15.9 Å². The molecular weight excluding hydrogens is 409 g/mol. The van der Waals surface area contributed by atoms with Crippen molar-refractivity contribution in [1.82, 2.24) is 4.98 Å². The Morgan fingerprint density at radius 1 is 1.03 bits per heavy atom. The maximum Gasteiger partial charge on any atom is 0.262 e. The van der Waals surface area contributed by atoms with Gasteiger partial charge < -0.3 is 10.1 Å². The molecule has 0 aliphatic heterocycles. The summed E-state index contributed by atoms with van der Waals surface area (Å²) < 4.78 is 46.8. The van der Waals surface area contributed by atoms with Crippen molar-refractivity contribution in [3.63, 3.8) is 0 Å². The summed E-state index contributed by atoms with van der Waals surface area (Å²) in [6, 6.07) is 11.6. The number of ether oxygens (including phenoxy) is 1. The molecule has 7 nitrogen and oxygen atoms in total. The normalized spacial score (nSPS) is 11.0. The molecule has 0 unspecified atom stereocenters. The zero-order valence-corrected chi connectivity index (χ0v) is 17.2. The third-order valence-corrected chi connectivity index (χ3v) is 5.60. The number of hydrogen-bond donors (Lipinski definition) is 2. The van der Waals surface area contributed by atoms with E-state index in [0.29, 0.717) is 17.0 Å². The number of pyridine rings is 1. The zero-order valence-electron chi connectivity index (χ0n) is 16.3. The number of aromatic nitrogens is 1. The second-order valence-corrected chi connectivity index (χ2v) is 8.27. The number of benzene rings is 2. The van der Waals surface area contributed by atoms with Crippen molar-refractivity contribution in [2.24, 2.45) is 0 Å². The molecule has 3 rings (SSSR count). The van der Waals surface area contributed by atoms with Crippen LogP contribution in [0.4, 0.5) is 15.8 Å². The topological polar surface area (TPSA) is 97.4 Å². The number of hydrogen-bond acceptors (Lipinski definition) is 5. The van der Waals surface area contributed by atoms with E-state index in [-0.39, 0.29) is 23.1 Å². The molecule has 1 aromatic heterocycles. The first-order chi connectivity index (χ1) is 14.2. The van der Waals surface area contributed by atoms with Crippen molar-refractivity contribution >= 4 is 27.3 Å². The molecule has 156 valence electrons. The average molecular weight is 429 g/mol. The van der Waals surface area contributed by atoms with Gasteiger partial charge in [0.05, 0.1) is 10.6 Å². The Balaban J connectivity index is 1.72. The lowest BCUT2D eigenvalue weighted by Gasteiger charge is -2.13. The number of halogens is 1. The molecule has 0 atom stereocenters. The molecule has 9 heteroatoms. The Morgan fingerprint density at radius 3 is 2.50 bits per heavy atom. The number of carbonyl (C=O) groups excluding carboxylic acids is 1. The van der Waals surface area contributed by atoms with Gasteiger partial charge in [-0.1, -0.05) is 6.07 Å². The molecule has 0 aliphatic carbocycles. The summed E-state index contributed by atoms with van der Waals surface area (Å²) in [5.41, 5.74) is 1.96. The van der Waals surface area contributed by atoms with Crippen LogP contribution in [-0.2, 0) is 14.8 Å². The first-order valence-electron chi connectivity index (χ1n) is 8.96. The summed E-state index contributed by atoms with van der Waals surface area (Å²) in [4.78, 5) is 15.8. The molecule has 2 N–H and O–H groups in total. The fraction of sp³-hybridized carbons (Fsp3) is 0.143. The van der Waals surface area contributed by atoms with Crippen molar-refractivity contribution in [3.05, 3.63) is 77.9 Å². The van der Waals surface area contributed by atoms with Crippen molar-refractivity contribution in [2.45, 2.75) is 18.7 Å². The third kappa shape index (κ3) is 5.54. The molecule has 0 bridgehead atoms. The van der Waals surface area contributed by atoms with E-state index in [4.69, 9.17) is 4.74 Å². The Labute approximate surface area is 174 Å². The number of carbonyl (C=O) groups is 1. The largest absolute Gasteiger partial charge is 0.484 e. The molecule has 3 aromatic rings. The smallest absolute Gasteiger partial charge is 0.262 e. The number of sulfonamides is 1. The van der Waals surface area contributed by atoms with E-state index < -0.39 is 15.8 Å². The lowest BCUT2D eigenvalue weighted by atomic mass is 10.2. The van der Waals surface area contributed by atoms with Crippen LogP contribution in [0.3, 0.4) is 0 Å². The monoisotopic (exact) mass is 429 g/mol. The highest BCUT2D eigenvalue weighted by Crippen LogP contribution is 2.25. The van der Waals surface area contributed by atoms with E-state index in [0.717, 1.165) is 11.6 Å². The van der Waals surface area contributed by atoms with Gasteiger partial charge in [-0.3, -0.25) is 14.5 Å². The van der Waals surface area contributed by atoms with Crippen molar-refractivity contribution < 1.29 is 22.3 Å². The van der Waals surface area contributed by atoms with Crippen LogP contribution in [0.25, 0.3) is 0 Å². The SMILES string of the molecule is Cc1cc(NS(=O)(=O)c2cc(F)ccc2C)cc(OCC(=O)Nc2ccncc2)c1. The van der Waals surface area contributed by atoms with Crippen LogP contribution in [0.1, 0.15) is 11.1 Å². The van der Waals surface area contributed by atoms with Gasteiger partial charge in [0, 0.05) is 24.1 Å². The summed E-state index contributed by atoms with van der Waals surface area (Å²) in [6.45, 7) is 3.08. The zero-order chi connectivity index (χ0) is 21.7. The lowest BCUT2D eigenvalue weighted by molar-refractivity contribution is -0.118. The fourth-order valence-corrected chi connectivity index (χ4v) is 4.04. The van der Waals surface area contributed by atoms with E-state index in [1.54, 1.807) is 50.5 Å². The quantitative estimate of drug-likeness (QED) is 0.597. The second-order valence-electron chi connectivity index (χ2n) is 6.62. The summed E-state index contributed by atoms with van der Waals surface area (Å²) in [5.74, 6) is -0.705. The number of nitrogens with one attached hydrogen (secondary N) is 2. The minimum atomic E-state index is -4.00. The highest BCUT2D eigenvalue weighted by Gasteiger charge is 2.18. The standard InChI is InChI=1S/C21H20FN3O4S/c1-14-9-18(25-30(27,28)20-11-16(22)4-3-15(20)2)12-19(10-14)29-13-21(26)24-17-5-7-23-8-6-17/h3-12,25H,13H2,1-2H3,(H,23,24,26). The Morgan fingerprint density at radius 2 is 1.77 bits per heavy atom. The number of amides is 1. The number of nitrogens with zero attached hydrogens (tertiary/aromatic N) is 1. The Kier molecular flexibility index (Phi) is 6.31. The van der Waals surface area contributed by atoms with Crippen LogP contribution in [0.5, 0.6) is 5.75 Å². The average Bonchev–Trinajstić information content (AvgIpc) is 2.68. The van der Waals surface area contributed by atoms with Crippen LogP contribution in [-0.4, -0.2) is 25.9 Å². The first-order valence-corrected chi connectivity index (χ1v) is 10.4. The number of anilines is 2. The third-order valence-electron chi connectivity index (χ3n) is 4.08. The van der Waals surface area contributed by atoms with Gasteiger partial charge >= 0.3 is 0 Å². The van der Waals surface area contributed by atoms with Crippen LogP contribution < -0.4 is 14.8 Å². The van der Waals surface area contributed by atoms with E-state index >= 15 is 0 Å². The van der Waals surface area contributed by atoms with Gasteiger partial charge in [-0.25, -0.2) is 12.8 Å². The highest BCUT2D eigenvalue weighted by molar-refractivity contribution is 7.92. The molecule has 0 aliphatic rings. The van der Waals surface area contributed by atoms with Crippen molar-refractivity contribution in [2.75, 3.05) is 16.6 Å². The molecule has 0 saturated heterocycles. The van der Waals surface area contributed by atoms with Crippen LogP contribution in [0, 0.1) is 19.7 Å². The summed E-state index contributed by atoms with van der Waals surface area (Å²) in [7, 11) is -4.00. The van der Waals surface area contributed by atoms with E-state index in [1.807, 2.05) is 0 Å². The second kappa shape index (κ2) is 8.91. The molecule has 1 heterocycles. The summed E-state index contributed by atoms with van der Waals surface area (Å²) in [6.07, 6.45) is 3.10. The first kappa shape index (κ1) is 21.3. The molecule has 30 heavy (non-hydrogen) atoms. The van der Waals surface area contributed by atoms with Gasteiger partial charge in [-0.15, -0.1) is 0 Å². The van der Waals surface area contributed by atoms with Crippen molar-refractivity contribution in [1.29, 1.82) is 0 Å². The fourth-order valence-electron chi connectivity index (χ4n) is 2.74.